The first kappa shape index (κ1) is 22.8. The van der Waals surface area contributed by atoms with Gasteiger partial charge in [-0.1, -0.05) is 80.9 Å². The Hall–Kier alpha value is -1.24. The van der Waals surface area contributed by atoms with Gasteiger partial charge in [0.05, 0.1) is 7.11 Å². The maximum absolute atomic E-state index is 5.73. The first-order valence-electron chi connectivity index (χ1n) is 10.7. The molecule has 0 aromatic heterocycles. The zero-order chi connectivity index (χ0) is 20.1. The Labute approximate surface area is 163 Å². The van der Waals surface area contributed by atoms with Crippen molar-refractivity contribution >= 4 is 6.08 Å². The van der Waals surface area contributed by atoms with Gasteiger partial charge in [-0.15, -0.1) is 0 Å². The molecule has 0 heterocycles. The SMILES string of the molecule is CC.CC.COc1cc2c(cc1C(C)C)C=CC1C(C)(C)CCCC21C. The number of rotatable bonds is 2. The molecule has 1 aromatic carbocycles. The molecule has 1 aromatic rings. The van der Waals surface area contributed by atoms with E-state index in [4.69, 9.17) is 4.74 Å². The van der Waals surface area contributed by atoms with E-state index in [1.807, 2.05) is 27.7 Å². The van der Waals surface area contributed by atoms with Crippen molar-refractivity contribution in [1.82, 2.24) is 0 Å². The second kappa shape index (κ2) is 9.11. The van der Waals surface area contributed by atoms with E-state index in [2.05, 4.69) is 58.9 Å². The summed E-state index contributed by atoms with van der Waals surface area (Å²) in [4.78, 5) is 0. The third-order valence-electron chi connectivity index (χ3n) is 6.15. The average molecular weight is 359 g/mol. The topological polar surface area (TPSA) is 9.23 Å². The number of hydrogen-bond donors (Lipinski definition) is 0. The van der Waals surface area contributed by atoms with Crippen molar-refractivity contribution in [1.29, 1.82) is 0 Å². The third kappa shape index (κ3) is 4.02. The molecule has 0 amide bonds. The second-order valence-corrected chi connectivity index (χ2v) is 8.43. The first-order chi connectivity index (χ1) is 12.3. The average Bonchev–Trinajstić information content (AvgIpc) is 2.63. The lowest BCUT2D eigenvalue weighted by atomic mass is 9.52. The highest BCUT2D eigenvalue weighted by molar-refractivity contribution is 5.64. The van der Waals surface area contributed by atoms with Gasteiger partial charge in [-0.05, 0) is 64.3 Å². The molecule has 0 radical (unpaired) electrons. The summed E-state index contributed by atoms with van der Waals surface area (Å²) in [6.45, 7) is 19.8. The van der Waals surface area contributed by atoms with Crippen molar-refractivity contribution in [3.8, 4) is 5.75 Å². The molecule has 26 heavy (non-hydrogen) atoms. The number of ether oxygens (including phenoxy) is 1. The number of methoxy groups -OCH3 is 1. The molecule has 0 saturated heterocycles. The Morgan fingerprint density at radius 3 is 2.15 bits per heavy atom. The van der Waals surface area contributed by atoms with Gasteiger partial charge in [0.15, 0.2) is 0 Å². The van der Waals surface area contributed by atoms with Crippen LogP contribution in [0.15, 0.2) is 18.2 Å². The van der Waals surface area contributed by atoms with Gasteiger partial charge >= 0.3 is 0 Å². The molecule has 1 heteroatoms. The number of benzene rings is 1. The molecule has 0 bridgehead atoms. The molecule has 148 valence electrons. The summed E-state index contributed by atoms with van der Waals surface area (Å²) in [6, 6.07) is 4.70. The lowest BCUT2D eigenvalue weighted by Gasteiger charge is -2.52. The molecule has 0 N–H and O–H groups in total. The molecule has 0 spiro atoms. The highest BCUT2D eigenvalue weighted by Gasteiger charge is 2.48. The number of hydrogen-bond acceptors (Lipinski definition) is 1. The normalized spacial score (nSPS) is 25.1. The van der Waals surface area contributed by atoms with E-state index in [0.717, 1.165) is 5.75 Å². The van der Waals surface area contributed by atoms with Gasteiger partial charge in [-0.3, -0.25) is 0 Å². The minimum atomic E-state index is 0.245. The molecule has 3 rings (SSSR count). The molecule has 2 aliphatic rings. The van der Waals surface area contributed by atoms with Gasteiger partial charge in [0.25, 0.3) is 0 Å². The lowest BCUT2D eigenvalue weighted by molar-refractivity contribution is 0.0908. The second-order valence-electron chi connectivity index (χ2n) is 8.43. The van der Waals surface area contributed by atoms with Crippen LogP contribution in [0.25, 0.3) is 6.08 Å². The molecule has 1 nitrogen and oxygen atoms in total. The largest absolute Gasteiger partial charge is 0.496 e. The van der Waals surface area contributed by atoms with Crippen LogP contribution in [0.5, 0.6) is 5.75 Å². The zero-order valence-electron chi connectivity index (χ0n) is 19.0. The van der Waals surface area contributed by atoms with Crippen LogP contribution < -0.4 is 4.74 Å². The molecule has 2 aliphatic carbocycles. The summed E-state index contributed by atoms with van der Waals surface area (Å²) in [5.41, 5.74) is 4.85. The summed E-state index contributed by atoms with van der Waals surface area (Å²) in [7, 11) is 1.80. The van der Waals surface area contributed by atoms with Crippen molar-refractivity contribution in [2.24, 2.45) is 11.3 Å². The minimum Gasteiger partial charge on any atom is -0.496 e. The Bertz CT molecular complexity index is 609. The molecule has 0 aliphatic heterocycles. The van der Waals surface area contributed by atoms with Crippen LogP contribution >= 0.6 is 0 Å². The molecular weight excluding hydrogens is 316 g/mol. The quantitative estimate of drug-likeness (QED) is 0.520. The van der Waals surface area contributed by atoms with Crippen molar-refractivity contribution in [3.05, 3.63) is 34.9 Å². The standard InChI is InChI=1S/C21H30O.2C2H6/c1-14(2)16-12-15-8-9-19-20(3,4)10-7-11-21(19,5)17(15)13-18(16)22-6;2*1-2/h8-9,12-14,19H,7,10-11H2,1-6H3;2*1-2H3. The van der Waals surface area contributed by atoms with Crippen LogP contribution in [0.1, 0.15) is 104 Å². The van der Waals surface area contributed by atoms with Crippen LogP contribution in [0, 0.1) is 11.3 Å². The molecule has 2 atom stereocenters. The van der Waals surface area contributed by atoms with Crippen LogP contribution in [0.2, 0.25) is 0 Å². The van der Waals surface area contributed by atoms with E-state index in [-0.39, 0.29) is 5.41 Å². The highest BCUT2D eigenvalue weighted by Crippen LogP contribution is 2.56. The Balaban J connectivity index is 0.000000791. The fourth-order valence-electron chi connectivity index (χ4n) is 4.93. The predicted octanol–water partition coefficient (Wildman–Crippen LogP) is 7.98. The zero-order valence-corrected chi connectivity index (χ0v) is 19.0. The summed E-state index contributed by atoms with van der Waals surface area (Å²) in [6.07, 6.45) is 8.77. The van der Waals surface area contributed by atoms with Crippen LogP contribution in [0.4, 0.5) is 0 Å². The lowest BCUT2D eigenvalue weighted by Crippen LogP contribution is -2.45. The summed E-state index contributed by atoms with van der Waals surface area (Å²) in [5.74, 6) is 2.17. The maximum Gasteiger partial charge on any atom is 0.122 e. The van der Waals surface area contributed by atoms with E-state index >= 15 is 0 Å². The molecule has 1 saturated carbocycles. The van der Waals surface area contributed by atoms with Crippen LogP contribution in [-0.2, 0) is 5.41 Å². The van der Waals surface area contributed by atoms with Gasteiger partial charge in [0.1, 0.15) is 5.75 Å². The molecule has 1 fully saturated rings. The molecular formula is C25H42O. The number of allylic oxidation sites excluding steroid dienone is 1. The Morgan fingerprint density at radius 1 is 1.00 bits per heavy atom. The van der Waals surface area contributed by atoms with E-state index in [9.17, 15) is 0 Å². The summed E-state index contributed by atoms with van der Waals surface area (Å²) < 4.78 is 5.73. The number of fused-ring (bicyclic) bond motifs is 3. The van der Waals surface area contributed by atoms with E-state index in [1.54, 1.807) is 7.11 Å². The van der Waals surface area contributed by atoms with Crippen molar-refractivity contribution in [2.75, 3.05) is 7.11 Å². The van der Waals surface area contributed by atoms with Crippen molar-refractivity contribution in [3.63, 3.8) is 0 Å². The summed E-state index contributed by atoms with van der Waals surface area (Å²) in [5, 5.41) is 0. The van der Waals surface area contributed by atoms with Crippen LogP contribution in [0.3, 0.4) is 0 Å². The van der Waals surface area contributed by atoms with Gasteiger partial charge in [-0.25, -0.2) is 0 Å². The predicted molar refractivity (Wildman–Crippen MR) is 117 cm³/mol. The van der Waals surface area contributed by atoms with E-state index < -0.39 is 0 Å². The van der Waals surface area contributed by atoms with Crippen molar-refractivity contribution < 1.29 is 4.74 Å². The minimum absolute atomic E-state index is 0.245. The monoisotopic (exact) mass is 358 g/mol. The van der Waals surface area contributed by atoms with E-state index in [1.165, 1.54) is 36.0 Å². The van der Waals surface area contributed by atoms with Crippen molar-refractivity contribution in [2.45, 2.75) is 92.9 Å². The Morgan fingerprint density at radius 2 is 1.62 bits per heavy atom. The van der Waals surface area contributed by atoms with Crippen LogP contribution in [-0.4, -0.2) is 7.11 Å². The fraction of sp³-hybridized carbons (Fsp3) is 0.680. The molecule has 2 unspecified atom stereocenters. The van der Waals surface area contributed by atoms with Gasteiger partial charge < -0.3 is 4.74 Å². The Kier molecular flexibility index (Phi) is 7.99. The van der Waals surface area contributed by atoms with Gasteiger partial charge in [-0.2, -0.15) is 0 Å². The maximum atomic E-state index is 5.73. The van der Waals surface area contributed by atoms with E-state index in [0.29, 0.717) is 17.3 Å². The fourth-order valence-corrected chi connectivity index (χ4v) is 4.93. The smallest absolute Gasteiger partial charge is 0.122 e. The van der Waals surface area contributed by atoms with Gasteiger partial charge in [0.2, 0.25) is 0 Å². The highest BCUT2D eigenvalue weighted by atomic mass is 16.5. The third-order valence-corrected chi connectivity index (χ3v) is 6.15. The first-order valence-corrected chi connectivity index (χ1v) is 10.7. The summed E-state index contributed by atoms with van der Waals surface area (Å²) >= 11 is 0. The van der Waals surface area contributed by atoms with Gasteiger partial charge in [0, 0.05) is 0 Å².